The van der Waals surface area contributed by atoms with E-state index in [1.807, 2.05) is 25.1 Å². The van der Waals surface area contributed by atoms with Crippen molar-refractivity contribution >= 4 is 22.2 Å². The summed E-state index contributed by atoms with van der Waals surface area (Å²) in [7, 11) is 0. The zero-order valence-corrected chi connectivity index (χ0v) is 12.3. The van der Waals surface area contributed by atoms with Gasteiger partial charge in [0.2, 0.25) is 5.71 Å². The Kier molecular flexibility index (Phi) is 2.45. The van der Waals surface area contributed by atoms with Crippen LogP contribution in [-0.4, -0.2) is 9.55 Å². The highest BCUT2D eigenvalue weighted by atomic mass is 16.3. The van der Waals surface area contributed by atoms with Gasteiger partial charge in [0, 0.05) is 5.39 Å². The molecule has 2 aromatic heterocycles. The molecule has 0 fully saturated rings. The van der Waals surface area contributed by atoms with E-state index in [0.29, 0.717) is 5.71 Å². The van der Waals surface area contributed by atoms with E-state index in [1.54, 1.807) is 0 Å². The van der Waals surface area contributed by atoms with Gasteiger partial charge in [0.1, 0.15) is 16.9 Å². The van der Waals surface area contributed by atoms with Crippen LogP contribution < -0.4 is 0 Å². The maximum Gasteiger partial charge on any atom is 0.246 e. The Bertz CT molecular complexity index is 955. The number of hydrogen-bond acceptors (Lipinski definition) is 2. The molecule has 4 rings (SSSR count). The van der Waals surface area contributed by atoms with Gasteiger partial charge < -0.3 is 4.42 Å². The molecular formula is C18H16N2O. The molecule has 3 heteroatoms. The molecule has 0 unspecified atom stereocenters. The number of aromatic nitrogens is 2. The number of nitrogens with zero attached hydrogens (tertiary/aromatic N) is 2. The molecule has 2 heterocycles. The number of benzene rings is 2. The molecule has 0 saturated heterocycles. The lowest BCUT2D eigenvalue weighted by molar-refractivity contribution is 0.654. The Morgan fingerprint density at radius 1 is 0.905 bits per heavy atom. The van der Waals surface area contributed by atoms with Crippen LogP contribution in [0.25, 0.3) is 27.9 Å². The summed E-state index contributed by atoms with van der Waals surface area (Å²) in [6.07, 6.45) is 0. The van der Waals surface area contributed by atoms with Crippen LogP contribution in [0.2, 0.25) is 0 Å². The van der Waals surface area contributed by atoms with Crippen molar-refractivity contribution in [3.05, 3.63) is 59.4 Å². The standard InChI is InChI=1S/C18H16N2O/c1-11-7-6-8-12(2)16(11)20-13(3)19-18-17(20)14-9-4-5-10-15(14)21-18/h4-10H,1-3H3. The van der Waals surface area contributed by atoms with Gasteiger partial charge in [-0.25, -0.2) is 0 Å². The van der Waals surface area contributed by atoms with E-state index < -0.39 is 0 Å². The van der Waals surface area contributed by atoms with Gasteiger partial charge in [0.15, 0.2) is 0 Å². The maximum atomic E-state index is 5.88. The SMILES string of the molecule is Cc1cccc(C)c1-n1c(C)nc2oc3ccccc3c21. The zero-order valence-electron chi connectivity index (χ0n) is 12.3. The summed E-state index contributed by atoms with van der Waals surface area (Å²) in [5, 5.41) is 1.11. The van der Waals surface area contributed by atoms with Crippen LogP contribution in [0.5, 0.6) is 0 Å². The quantitative estimate of drug-likeness (QED) is 0.504. The molecule has 2 aromatic carbocycles. The molecule has 21 heavy (non-hydrogen) atoms. The first-order valence-corrected chi connectivity index (χ1v) is 7.10. The average Bonchev–Trinajstić information content (AvgIpc) is 2.95. The van der Waals surface area contributed by atoms with Gasteiger partial charge in [-0.3, -0.25) is 4.57 Å². The summed E-state index contributed by atoms with van der Waals surface area (Å²) >= 11 is 0. The van der Waals surface area contributed by atoms with Crippen LogP contribution in [0.4, 0.5) is 0 Å². The minimum Gasteiger partial charge on any atom is -0.436 e. The van der Waals surface area contributed by atoms with E-state index in [0.717, 1.165) is 22.3 Å². The smallest absolute Gasteiger partial charge is 0.246 e. The molecule has 4 aromatic rings. The second kappa shape index (κ2) is 4.22. The molecule has 0 atom stereocenters. The van der Waals surface area contributed by atoms with Crippen LogP contribution in [0.1, 0.15) is 17.0 Å². The predicted molar refractivity (Wildman–Crippen MR) is 85.1 cm³/mol. The van der Waals surface area contributed by atoms with Crippen molar-refractivity contribution in [2.45, 2.75) is 20.8 Å². The van der Waals surface area contributed by atoms with Crippen molar-refractivity contribution < 1.29 is 4.42 Å². The van der Waals surface area contributed by atoms with Crippen molar-refractivity contribution in [1.29, 1.82) is 0 Å². The highest BCUT2D eigenvalue weighted by Gasteiger charge is 2.18. The maximum absolute atomic E-state index is 5.88. The Balaban J connectivity index is 2.20. The van der Waals surface area contributed by atoms with Gasteiger partial charge in [-0.1, -0.05) is 30.3 Å². The molecule has 0 aliphatic carbocycles. The minimum absolute atomic E-state index is 0.705. The molecule has 0 aliphatic rings. The molecule has 0 bridgehead atoms. The number of aryl methyl sites for hydroxylation is 3. The third kappa shape index (κ3) is 1.64. The molecule has 0 spiro atoms. The molecule has 0 amide bonds. The fourth-order valence-corrected chi connectivity index (χ4v) is 3.10. The Morgan fingerprint density at radius 3 is 2.38 bits per heavy atom. The van der Waals surface area contributed by atoms with Crippen LogP contribution in [0, 0.1) is 20.8 Å². The summed E-state index contributed by atoms with van der Waals surface area (Å²) in [4.78, 5) is 4.61. The van der Waals surface area contributed by atoms with Gasteiger partial charge in [-0.2, -0.15) is 4.98 Å². The molecular weight excluding hydrogens is 260 g/mol. The first kappa shape index (κ1) is 12.2. The van der Waals surface area contributed by atoms with Gasteiger partial charge in [-0.05, 0) is 44.0 Å². The van der Waals surface area contributed by atoms with Crippen molar-refractivity contribution in [2.24, 2.45) is 0 Å². The Morgan fingerprint density at radius 2 is 1.62 bits per heavy atom. The normalized spacial score (nSPS) is 11.6. The molecule has 3 nitrogen and oxygen atoms in total. The van der Waals surface area contributed by atoms with Gasteiger partial charge >= 0.3 is 0 Å². The highest BCUT2D eigenvalue weighted by Crippen LogP contribution is 2.33. The van der Waals surface area contributed by atoms with E-state index in [9.17, 15) is 0 Å². The summed E-state index contributed by atoms with van der Waals surface area (Å²) in [6.45, 7) is 6.29. The number of fused-ring (bicyclic) bond motifs is 3. The Labute approximate surface area is 122 Å². The van der Waals surface area contributed by atoms with E-state index >= 15 is 0 Å². The fraction of sp³-hybridized carbons (Fsp3) is 0.167. The summed E-state index contributed by atoms with van der Waals surface area (Å²) in [5.74, 6) is 0.951. The first-order valence-electron chi connectivity index (χ1n) is 7.10. The zero-order chi connectivity index (χ0) is 14.6. The monoisotopic (exact) mass is 276 g/mol. The van der Waals surface area contributed by atoms with Crippen LogP contribution in [-0.2, 0) is 0 Å². The van der Waals surface area contributed by atoms with Crippen molar-refractivity contribution in [3.63, 3.8) is 0 Å². The molecule has 0 N–H and O–H groups in total. The third-order valence-corrected chi connectivity index (χ3v) is 4.03. The van der Waals surface area contributed by atoms with Crippen molar-refractivity contribution in [2.75, 3.05) is 0 Å². The lowest BCUT2D eigenvalue weighted by Gasteiger charge is -2.13. The number of furan rings is 1. The van der Waals surface area contributed by atoms with Crippen molar-refractivity contribution in [3.8, 4) is 5.69 Å². The molecule has 104 valence electrons. The first-order chi connectivity index (χ1) is 10.2. The minimum atomic E-state index is 0.705. The lowest BCUT2D eigenvalue weighted by Crippen LogP contribution is -2.02. The topological polar surface area (TPSA) is 31.0 Å². The van der Waals surface area contributed by atoms with E-state index in [2.05, 4.69) is 47.7 Å². The lowest BCUT2D eigenvalue weighted by atomic mass is 10.1. The predicted octanol–water partition coefficient (Wildman–Crippen LogP) is 4.70. The second-order valence-electron chi connectivity index (χ2n) is 5.49. The molecule has 0 radical (unpaired) electrons. The number of imidazole rings is 1. The highest BCUT2D eigenvalue weighted by molar-refractivity contribution is 6.02. The summed E-state index contributed by atoms with van der Waals surface area (Å²) in [5.41, 5.74) is 6.32. The van der Waals surface area contributed by atoms with E-state index in [4.69, 9.17) is 4.42 Å². The van der Waals surface area contributed by atoms with Crippen molar-refractivity contribution in [1.82, 2.24) is 9.55 Å². The average molecular weight is 276 g/mol. The van der Waals surface area contributed by atoms with Gasteiger partial charge in [-0.15, -0.1) is 0 Å². The second-order valence-corrected chi connectivity index (χ2v) is 5.49. The van der Waals surface area contributed by atoms with Gasteiger partial charge in [0.25, 0.3) is 0 Å². The van der Waals surface area contributed by atoms with Crippen LogP contribution in [0.15, 0.2) is 46.9 Å². The fourth-order valence-electron chi connectivity index (χ4n) is 3.10. The summed E-state index contributed by atoms with van der Waals surface area (Å²) in [6, 6.07) is 14.5. The molecule has 0 saturated carbocycles. The van der Waals surface area contributed by atoms with E-state index in [1.165, 1.54) is 16.8 Å². The number of para-hydroxylation sites is 2. The van der Waals surface area contributed by atoms with Gasteiger partial charge in [0.05, 0.1) is 5.69 Å². The number of rotatable bonds is 1. The number of hydrogen-bond donors (Lipinski definition) is 0. The van der Waals surface area contributed by atoms with Crippen LogP contribution >= 0.6 is 0 Å². The van der Waals surface area contributed by atoms with E-state index in [-0.39, 0.29) is 0 Å². The summed E-state index contributed by atoms with van der Waals surface area (Å²) < 4.78 is 8.10. The van der Waals surface area contributed by atoms with Crippen LogP contribution in [0.3, 0.4) is 0 Å². The molecule has 0 aliphatic heterocycles. The largest absolute Gasteiger partial charge is 0.436 e. The Hall–Kier alpha value is -2.55. The third-order valence-electron chi connectivity index (χ3n) is 4.03.